The second kappa shape index (κ2) is 4.21. The Morgan fingerprint density at radius 2 is 2.00 bits per heavy atom. The third-order valence-electron chi connectivity index (χ3n) is 2.59. The minimum Gasteiger partial charge on any atom is -0.261 e. The molecule has 0 fully saturated rings. The van der Waals surface area contributed by atoms with Gasteiger partial charge in [0.15, 0.2) is 0 Å². The van der Waals surface area contributed by atoms with Crippen molar-refractivity contribution in [2.75, 3.05) is 0 Å². The lowest BCUT2D eigenvalue weighted by atomic mass is 9.98. The predicted molar refractivity (Wildman–Crippen MR) is 52.7 cm³/mol. The standard InChI is InChI=1S/C11H14F3N/c1-4-7(2)9-5-10(11(12,13)14)8(3)15-6-9/h5-7H,4H2,1-3H3. The van der Waals surface area contributed by atoms with Gasteiger partial charge < -0.3 is 0 Å². The Balaban J connectivity index is 3.17. The van der Waals surface area contributed by atoms with Crippen molar-refractivity contribution in [1.29, 1.82) is 0 Å². The molecule has 84 valence electrons. The van der Waals surface area contributed by atoms with E-state index in [9.17, 15) is 13.2 Å². The Morgan fingerprint density at radius 3 is 2.47 bits per heavy atom. The molecule has 0 amide bonds. The highest BCUT2D eigenvalue weighted by molar-refractivity contribution is 5.28. The number of alkyl halides is 3. The first kappa shape index (κ1) is 12.0. The molecule has 1 rings (SSSR count). The van der Waals surface area contributed by atoms with E-state index in [0.29, 0.717) is 5.56 Å². The number of halogens is 3. The molecule has 1 unspecified atom stereocenters. The summed E-state index contributed by atoms with van der Waals surface area (Å²) >= 11 is 0. The summed E-state index contributed by atoms with van der Waals surface area (Å²) in [5.41, 5.74) is 0.0604. The molecule has 1 heterocycles. The Bertz CT molecular complexity index is 344. The van der Waals surface area contributed by atoms with Crippen molar-refractivity contribution in [2.45, 2.75) is 39.3 Å². The molecule has 0 bridgehead atoms. The second-order valence-electron chi connectivity index (χ2n) is 3.71. The Labute approximate surface area is 87.3 Å². The topological polar surface area (TPSA) is 12.9 Å². The Kier molecular flexibility index (Phi) is 3.37. The molecule has 0 aliphatic heterocycles. The molecule has 0 radical (unpaired) electrons. The molecular formula is C11H14F3N. The van der Waals surface area contributed by atoms with E-state index in [1.807, 2.05) is 13.8 Å². The van der Waals surface area contributed by atoms with Crippen LogP contribution in [0.5, 0.6) is 0 Å². The van der Waals surface area contributed by atoms with Crippen LogP contribution in [-0.4, -0.2) is 4.98 Å². The summed E-state index contributed by atoms with van der Waals surface area (Å²) in [5.74, 6) is 0.110. The third-order valence-corrected chi connectivity index (χ3v) is 2.59. The first-order chi connectivity index (χ1) is 6.86. The van der Waals surface area contributed by atoms with E-state index in [1.54, 1.807) is 0 Å². The third kappa shape index (κ3) is 2.70. The first-order valence-corrected chi connectivity index (χ1v) is 4.90. The van der Waals surface area contributed by atoms with Gasteiger partial charge in [0.1, 0.15) is 0 Å². The summed E-state index contributed by atoms with van der Waals surface area (Å²) in [5, 5.41) is 0. The Morgan fingerprint density at radius 1 is 1.40 bits per heavy atom. The molecule has 4 heteroatoms. The van der Waals surface area contributed by atoms with Gasteiger partial charge in [-0.15, -0.1) is 0 Å². The first-order valence-electron chi connectivity index (χ1n) is 4.90. The van der Waals surface area contributed by atoms with E-state index >= 15 is 0 Å². The highest BCUT2D eigenvalue weighted by atomic mass is 19.4. The van der Waals surface area contributed by atoms with E-state index in [-0.39, 0.29) is 11.6 Å². The zero-order valence-corrected chi connectivity index (χ0v) is 9.02. The number of aromatic nitrogens is 1. The predicted octanol–water partition coefficient (Wildman–Crippen LogP) is 3.92. The second-order valence-corrected chi connectivity index (χ2v) is 3.71. The molecule has 0 aromatic carbocycles. The smallest absolute Gasteiger partial charge is 0.261 e. The maximum Gasteiger partial charge on any atom is 0.418 e. The van der Waals surface area contributed by atoms with Gasteiger partial charge in [0.25, 0.3) is 0 Å². The number of hydrogen-bond acceptors (Lipinski definition) is 1. The minimum atomic E-state index is -4.31. The van der Waals surface area contributed by atoms with Gasteiger partial charge in [-0.05, 0) is 30.9 Å². The molecule has 0 saturated heterocycles. The van der Waals surface area contributed by atoms with E-state index < -0.39 is 11.7 Å². The molecule has 0 saturated carbocycles. The minimum absolute atomic E-state index is 0.0366. The van der Waals surface area contributed by atoms with Crippen molar-refractivity contribution in [2.24, 2.45) is 0 Å². The van der Waals surface area contributed by atoms with E-state index in [0.717, 1.165) is 6.42 Å². The van der Waals surface area contributed by atoms with E-state index in [1.165, 1.54) is 19.2 Å². The molecule has 1 aromatic heterocycles. The van der Waals surface area contributed by atoms with Gasteiger partial charge in [-0.1, -0.05) is 13.8 Å². The molecule has 0 N–H and O–H groups in total. The molecule has 1 nitrogen and oxygen atoms in total. The summed E-state index contributed by atoms with van der Waals surface area (Å²) in [7, 11) is 0. The van der Waals surface area contributed by atoms with Crippen molar-refractivity contribution in [3.05, 3.63) is 29.1 Å². The van der Waals surface area contributed by atoms with Gasteiger partial charge in [0, 0.05) is 11.9 Å². The van der Waals surface area contributed by atoms with E-state index in [4.69, 9.17) is 0 Å². The van der Waals surface area contributed by atoms with Gasteiger partial charge >= 0.3 is 6.18 Å². The summed E-state index contributed by atoms with van der Waals surface area (Å²) in [4.78, 5) is 3.79. The number of nitrogens with zero attached hydrogens (tertiary/aromatic N) is 1. The van der Waals surface area contributed by atoms with Crippen molar-refractivity contribution in [1.82, 2.24) is 4.98 Å². The van der Waals surface area contributed by atoms with E-state index in [2.05, 4.69) is 4.98 Å². The lowest BCUT2D eigenvalue weighted by molar-refractivity contribution is -0.138. The molecule has 1 aromatic rings. The number of rotatable bonds is 2. The van der Waals surface area contributed by atoms with Gasteiger partial charge in [-0.3, -0.25) is 4.98 Å². The molecule has 0 aliphatic rings. The molecule has 1 atom stereocenters. The largest absolute Gasteiger partial charge is 0.418 e. The highest BCUT2D eigenvalue weighted by Gasteiger charge is 2.33. The van der Waals surface area contributed by atoms with Crippen LogP contribution in [-0.2, 0) is 6.18 Å². The molecular weight excluding hydrogens is 203 g/mol. The fraction of sp³-hybridized carbons (Fsp3) is 0.545. The zero-order chi connectivity index (χ0) is 11.6. The average Bonchev–Trinajstić information content (AvgIpc) is 2.15. The zero-order valence-electron chi connectivity index (χ0n) is 9.02. The monoisotopic (exact) mass is 217 g/mol. The summed E-state index contributed by atoms with van der Waals surface area (Å²) in [6, 6.07) is 1.20. The van der Waals surface area contributed by atoms with Crippen LogP contribution in [0.1, 0.15) is 43.0 Å². The van der Waals surface area contributed by atoms with Crippen molar-refractivity contribution < 1.29 is 13.2 Å². The van der Waals surface area contributed by atoms with Crippen LogP contribution in [0, 0.1) is 6.92 Å². The van der Waals surface area contributed by atoms with Crippen LogP contribution >= 0.6 is 0 Å². The van der Waals surface area contributed by atoms with Gasteiger partial charge in [0.05, 0.1) is 5.56 Å². The summed E-state index contributed by atoms with van der Waals surface area (Å²) in [6.45, 7) is 5.22. The number of hydrogen-bond donors (Lipinski definition) is 0. The maximum atomic E-state index is 12.6. The Hall–Kier alpha value is -1.06. The van der Waals surface area contributed by atoms with Crippen LogP contribution in [0.2, 0.25) is 0 Å². The number of pyridine rings is 1. The van der Waals surface area contributed by atoms with Crippen molar-refractivity contribution in [3.8, 4) is 0 Å². The average molecular weight is 217 g/mol. The maximum absolute atomic E-state index is 12.6. The SMILES string of the molecule is CCC(C)c1cnc(C)c(C(F)(F)F)c1. The van der Waals surface area contributed by atoms with Gasteiger partial charge in [0.2, 0.25) is 0 Å². The van der Waals surface area contributed by atoms with Crippen LogP contribution < -0.4 is 0 Å². The van der Waals surface area contributed by atoms with Crippen molar-refractivity contribution in [3.63, 3.8) is 0 Å². The fourth-order valence-corrected chi connectivity index (χ4v) is 1.34. The highest BCUT2D eigenvalue weighted by Crippen LogP contribution is 2.33. The van der Waals surface area contributed by atoms with Crippen molar-refractivity contribution >= 4 is 0 Å². The van der Waals surface area contributed by atoms with Gasteiger partial charge in [-0.25, -0.2) is 0 Å². The quantitative estimate of drug-likeness (QED) is 0.731. The van der Waals surface area contributed by atoms with Crippen LogP contribution in [0.3, 0.4) is 0 Å². The lowest BCUT2D eigenvalue weighted by Gasteiger charge is -2.14. The van der Waals surface area contributed by atoms with Crippen LogP contribution in [0.4, 0.5) is 13.2 Å². The number of aryl methyl sites for hydroxylation is 1. The summed E-state index contributed by atoms with van der Waals surface area (Å²) < 4.78 is 37.7. The fourth-order valence-electron chi connectivity index (χ4n) is 1.34. The van der Waals surface area contributed by atoms with Crippen LogP contribution in [0.15, 0.2) is 12.3 Å². The molecule has 0 spiro atoms. The normalized spacial score (nSPS) is 14.0. The summed E-state index contributed by atoms with van der Waals surface area (Å²) in [6.07, 6.45) is -1.97. The lowest BCUT2D eigenvalue weighted by Crippen LogP contribution is -2.10. The molecule has 15 heavy (non-hydrogen) atoms. The van der Waals surface area contributed by atoms with Gasteiger partial charge in [-0.2, -0.15) is 13.2 Å². The van der Waals surface area contributed by atoms with Crippen LogP contribution in [0.25, 0.3) is 0 Å². The molecule has 0 aliphatic carbocycles.